The third-order valence-corrected chi connectivity index (χ3v) is 8.26. The van der Waals surface area contributed by atoms with Crippen LogP contribution in [0.4, 0.5) is 11.4 Å². The number of rotatable bonds is 3. The molecule has 10 heteroatoms. The monoisotopic (exact) mass is 544 g/mol. The van der Waals surface area contributed by atoms with Crippen LogP contribution in [0.15, 0.2) is 59.1 Å². The van der Waals surface area contributed by atoms with E-state index in [0.29, 0.717) is 58.1 Å². The molecule has 2 aromatic carbocycles. The molecule has 0 bridgehead atoms. The Labute approximate surface area is 230 Å². The van der Waals surface area contributed by atoms with Crippen molar-refractivity contribution in [3.8, 4) is 11.5 Å². The second-order valence-electron chi connectivity index (χ2n) is 12.7. The molecule has 0 spiro atoms. The first-order valence-electron chi connectivity index (χ1n) is 13.2. The van der Waals surface area contributed by atoms with E-state index >= 15 is 0 Å². The lowest BCUT2D eigenvalue weighted by Gasteiger charge is -2.44. The van der Waals surface area contributed by atoms with Gasteiger partial charge in [0, 0.05) is 84.1 Å². The summed E-state index contributed by atoms with van der Waals surface area (Å²) in [4.78, 5) is 50.3. The number of nitro groups is 2. The molecule has 0 amide bonds. The highest BCUT2D eigenvalue weighted by Gasteiger charge is 2.51. The number of allylic oxidation sites excluding steroid dienone is 4. The molecule has 2 aliphatic heterocycles. The highest BCUT2D eigenvalue weighted by Crippen LogP contribution is 2.59. The summed E-state index contributed by atoms with van der Waals surface area (Å²) < 4.78 is 12.5. The fourth-order valence-corrected chi connectivity index (χ4v) is 6.67. The van der Waals surface area contributed by atoms with Gasteiger partial charge in [0.25, 0.3) is 11.4 Å². The number of hydrogen-bond acceptors (Lipinski definition) is 8. The minimum Gasteiger partial charge on any atom is -0.461 e. The average molecular weight is 545 g/mol. The Bertz CT molecular complexity index is 1490. The van der Waals surface area contributed by atoms with Crippen LogP contribution in [-0.4, -0.2) is 21.4 Å². The van der Waals surface area contributed by atoms with Crippen LogP contribution < -0.4 is 9.47 Å². The smallest absolute Gasteiger partial charge is 0.269 e. The summed E-state index contributed by atoms with van der Waals surface area (Å²) in [5, 5.41) is 23.6. The van der Waals surface area contributed by atoms with Gasteiger partial charge in [-0.2, -0.15) is 0 Å². The summed E-state index contributed by atoms with van der Waals surface area (Å²) in [6, 6.07) is 8.51. The number of Topliss-reactive ketones (excluding diaryl/α,β-unsaturated/α-hetero) is 2. The number of fused-ring (bicyclic) bond motifs is 2. The summed E-state index contributed by atoms with van der Waals surface area (Å²) in [6.07, 6.45) is 1.37. The van der Waals surface area contributed by atoms with Gasteiger partial charge in [-0.3, -0.25) is 29.8 Å². The van der Waals surface area contributed by atoms with E-state index in [1.54, 1.807) is 0 Å². The van der Waals surface area contributed by atoms with Crippen molar-refractivity contribution in [2.45, 2.75) is 65.2 Å². The number of hydrogen-bond donors (Lipinski definition) is 0. The van der Waals surface area contributed by atoms with Gasteiger partial charge in [-0.05, 0) is 23.0 Å². The molecule has 40 heavy (non-hydrogen) atoms. The van der Waals surface area contributed by atoms with E-state index in [0.717, 1.165) is 0 Å². The van der Waals surface area contributed by atoms with E-state index in [-0.39, 0.29) is 46.6 Å². The average Bonchev–Trinajstić information content (AvgIpc) is 2.84. The molecule has 6 rings (SSSR count). The van der Waals surface area contributed by atoms with Crippen LogP contribution in [0.2, 0.25) is 0 Å². The first-order valence-corrected chi connectivity index (χ1v) is 13.2. The highest BCUT2D eigenvalue weighted by molar-refractivity contribution is 6.03. The number of ketones is 2. The number of nitro benzene ring substituents is 2. The van der Waals surface area contributed by atoms with E-state index in [1.807, 2.05) is 27.7 Å². The van der Waals surface area contributed by atoms with Gasteiger partial charge in [0.15, 0.2) is 11.6 Å². The molecular weight excluding hydrogens is 516 g/mol. The largest absolute Gasteiger partial charge is 0.461 e. The number of benzene rings is 2. The standard InChI is InChI=1S/C30H28N2O8/c1-29(2)11-19(33)27-23(13-29)39-21-7-5-15(31(35)36)9-17(21)25(27)26-18-10-16(32(37)38)6-8-22(18)40-24-14-30(3,4)12-20(34)28(24)26/h5-10,25-26H,11-14H2,1-4H3. The third kappa shape index (κ3) is 4.09. The quantitative estimate of drug-likeness (QED) is 0.318. The molecule has 10 nitrogen and oxygen atoms in total. The van der Waals surface area contributed by atoms with Crippen LogP contribution in [0, 0.1) is 31.1 Å². The molecule has 2 aliphatic carbocycles. The number of nitrogens with zero attached hydrogens (tertiary/aromatic N) is 2. The predicted molar refractivity (Wildman–Crippen MR) is 143 cm³/mol. The van der Waals surface area contributed by atoms with Gasteiger partial charge in [0.2, 0.25) is 0 Å². The summed E-state index contributed by atoms with van der Waals surface area (Å²) in [7, 11) is 0. The van der Waals surface area contributed by atoms with Crippen molar-refractivity contribution < 1.29 is 28.9 Å². The van der Waals surface area contributed by atoms with Crippen LogP contribution in [0.3, 0.4) is 0 Å². The van der Waals surface area contributed by atoms with Crippen molar-refractivity contribution in [1.82, 2.24) is 0 Å². The lowest BCUT2D eigenvalue weighted by Crippen LogP contribution is -2.38. The summed E-state index contributed by atoms with van der Waals surface area (Å²) in [5.74, 6) is -0.332. The Balaban J connectivity index is 1.67. The van der Waals surface area contributed by atoms with E-state index in [9.17, 15) is 29.8 Å². The first-order chi connectivity index (χ1) is 18.7. The lowest BCUT2D eigenvalue weighted by molar-refractivity contribution is -0.385. The second kappa shape index (κ2) is 8.58. The van der Waals surface area contributed by atoms with Crippen molar-refractivity contribution >= 4 is 22.9 Å². The van der Waals surface area contributed by atoms with Gasteiger partial charge in [0.05, 0.1) is 9.85 Å². The maximum atomic E-state index is 13.8. The fourth-order valence-electron chi connectivity index (χ4n) is 6.67. The van der Waals surface area contributed by atoms with E-state index in [4.69, 9.17) is 9.47 Å². The summed E-state index contributed by atoms with van der Waals surface area (Å²) >= 11 is 0. The zero-order valence-electron chi connectivity index (χ0n) is 22.6. The molecule has 2 heterocycles. The maximum Gasteiger partial charge on any atom is 0.269 e. The van der Waals surface area contributed by atoms with E-state index in [1.165, 1.54) is 36.4 Å². The van der Waals surface area contributed by atoms with Crippen LogP contribution in [0.1, 0.15) is 76.3 Å². The van der Waals surface area contributed by atoms with Crippen molar-refractivity contribution in [1.29, 1.82) is 0 Å². The van der Waals surface area contributed by atoms with Crippen molar-refractivity contribution in [2.75, 3.05) is 0 Å². The van der Waals surface area contributed by atoms with Crippen LogP contribution >= 0.6 is 0 Å². The SMILES string of the molecule is CC1(C)CC(=O)C2=C(C1)Oc1ccc([N+](=O)[O-])cc1C2C1C2=C(CC(C)(C)CC2=O)Oc2ccc([N+](=O)[O-])cc21. The number of carbonyl (C=O) groups is 2. The molecule has 2 atom stereocenters. The van der Waals surface area contributed by atoms with Gasteiger partial charge in [0.1, 0.15) is 23.0 Å². The Morgan fingerprint density at radius 3 is 1.40 bits per heavy atom. The van der Waals surface area contributed by atoms with Gasteiger partial charge in [-0.1, -0.05) is 27.7 Å². The van der Waals surface area contributed by atoms with Gasteiger partial charge < -0.3 is 9.47 Å². The summed E-state index contributed by atoms with van der Waals surface area (Å²) in [6.45, 7) is 7.88. The van der Waals surface area contributed by atoms with Crippen LogP contribution in [-0.2, 0) is 9.59 Å². The molecular formula is C30H28N2O8. The zero-order chi connectivity index (χ0) is 28.7. The van der Waals surface area contributed by atoms with Crippen LogP contribution in [0.25, 0.3) is 0 Å². The third-order valence-electron chi connectivity index (χ3n) is 8.26. The van der Waals surface area contributed by atoms with Gasteiger partial charge in [-0.15, -0.1) is 0 Å². The highest BCUT2D eigenvalue weighted by atomic mass is 16.6. The Hall–Kier alpha value is -4.34. The number of ether oxygens (including phenoxy) is 2. The summed E-state index contributed by atoms with van der Waals surface area (Å²) in [5.41, 5.74) is 0.403. The molecule has 2 unspecified atom stereocenters. The minimum atomic E-state index is -0.831. The Morgan fingerprint density at radius 2 is 1.05 bits per heavy atom. The predicted octanol–water partition coefficient (Wildman–Crippen LogP) is 6.44. The fraction of sp³-hybridized carbons (Fsp3) is 0.400. The topological polar surface area (TPSA) is 139 Å². The lowest BCUT2D eigenvalue weighted by atomic mass is 9.62. The molecule has 2 aromatic rings. The first kappa shape index (κ1) is 25.9. The number of non-ortho nitro benzene ring substituents is 2. The zero-order valence-corrected chi connectivity index (χ0v) is 22.6. The van der Waals surface area contributed by atoms with E-state index < -0.39 is 21.7 Å². The Morgan fingerprint density at radius 1 is 0.675 bits per heavy atom. The molecule has 0 fully saturated rings. The number of carbonyl (C=O) groups excluding carboxylic acids is 2. The van der Waals surface area contributed by atoms with E-state index in [2.05, 4.69) is 0 Å². The normalized spacial score (nSPS) is 24.2. The molecule has 206 valence electrons. The van der Waals surface area contributed by atoms with Crippen molar-refractivity contribution in [3.63, 3.8) is 0 Å². The maximum absolute atomic E-state index is 13.8. The molecule has 0 aromatic heterocycles. The second-order valence-corrected chi connectivity index (χ2v) is 12.7. The van der Waals surface area contributed by atoms with Crippen molar-refractivity contribution in [2.24, 2.45) is 10.8 Å². The minimum absolute atomic E-state index is 0.169. The molecule has 0 saturated heterocycles. The van der Waals surface area contributed by atoms with Gasteiger partial charge >= 0.3 is 0 Å². The molecule has 0 saturated carbocycles. The molecule has 0 N–H and O–H groups in total. The Kier molecular flexibility index (Phi) is 5.56. The molecule has 4 aliphatic rings. The van der Waals surface area contributed by atoms with Crippen LogP contribution in [0.5, 0.6) is 11.5 Å². The molecule has 0 radical (unpaired) electrons. The van der Waals surface area contributed by atoms with Gasteiger partial charge in [-0.25, -0.2) is 0 Å². The van der Waals surface area contributed by atoms with Crippen molar-refractivity contribution in [3.05, 3.63) is 90.4 Å².